The zero-order chi connectivity index (χ0) is 27.6. The van der Waals surface area contributed by atoms with Crippen LogP contribution in [-0.2, 0) is 16.1 Å². The first kappa shape index (κ1) is 26.2. The lowest BCUT2D eigenvalue weighted by Crippen LogP contribution is -2.33. The summed E-state index contributed by atoms with van der Waals surface area (Å²) in [7, 11) is 0. The average Bonchev–Trinajstić information content (AvgIpc) is 3.35. The Kier molecular flexibility index (Phi) is 7.21. The molecule has 3 heterocycles. The van der Waals surface area contributed by atoms with E-state index in [-0.39, 0.29) is 12.0 Å². The highest BCUT2D eigenvalue weighted by molar-refractivity contribution is 6.04. The van der Waals surface area contributed by atoms with Gasteiger partial charge in [-0.05, 0) is 73.9 Å². The number of aliphatic hydroxyl groups excluding tert-OH is 1. The monoisotopic (exact) mass is 530 g/mol. The van der Waals surface area contributed by atoms with Gasteiger partial charge in [0, 0.05) is 37.2 Å². The zero-order valence-electron chi connectivity index (χ0n) is 21.2. The second kappa shape index (κ2) is 10.7. The molecule has 0 radical (unpaired) electrons. The number of aryl methyl sites for hydroxylation is 1. The summed E-state index contributed by atoms with van der Waals surface area (Å²) in [6, 6.07) is 14.2. The molecule has 200 valence electrons. The molecule has 0 fully saturated rings. The molecule has 4 aromatic rings. The molecule has 0 bridgehead atoms. The van der Waals surface area contributed by atoms with Gasteiger partial charge < -0.3 is 15.1 Å². The average molecular weight is 531 g/mol. The van der Waals surface area contributed by atoms with E-state index in [0.29, 0.717) is 64.9 Å². The number of rotatable bonds is 9. The van der Waals surface area contributed by atoms with E-state index in [9.17, 15) is 19.1 Å². The Labute approximate surface area is 223 Å². The van der Waals surface area contributed by atoms with Crippen LogP contribution in [0.3, 0.4) is 0 Å². The fourth-order valence-electron chi connectivity index (χ4n) is 4.75. The minimum Gasteiger partial charge on any atom is -0.481 e. The van der Waals surface area contributed by atoms with Crippen molar-refractivity contribution >= 4 is 22.6 Å². The lowest BCUT2D eigenvalue weighted by atomic mass is 9.87. The third-order valence-corrected chi connectivity index (χ3v) is 6.88. The van der Waals surface area contributed by atoms with Crippen molar-refractivity contribution in [3.63, 3.8) is 0 Å². The fraction of sp³-hybridized carbons (Fsp3) is 0.276. The van der Waals surface area contributed by atoms with E-state index in [2.05, 4.69) is 10.1 Å². The molecule has 0 spiro atoms. The summed E-state index contributed by atoms with van der Waals surface area (Å²) in [5.74, 6) is -0.861. The van der Waals surface area contributed by atoms with Crippen LogP contribution in [0, 0.1) is 5.82 Å². The van der Waals surface area contributed by atoms with Gasteiger partial charge in [-0.25, -0.2) is 9.37 Å². The van der Waals surface area contributed by atoms with E-state index in [0.717, 1.165) is 0 Å². The lowest BCUT2D eigenvalue weighted by Gasteiger charge is -2.27. The molecule has 0 saturated carbocycles. The minimum absolute atomic E-state index is 0.0163. The van der Waals surface area contributed by atoms with Gasteiger partial charge >= 0.3 is 5.97 Å². The summed E-state index contributed by atoms with van der Waals surface area (Å²) in [5.41, 5.74) is 1.61. The highest BCUT2D eigenvalue weighted by Crippen LogP contribution is 2.37. The number of aliphatic hydroxyl groups is 1. The first-order valence-corrected chi connectivity index (χ1v) is 12.6. The minimum atomic E-state index is -0.986. The van der Waals surface area contributed by atoms with Gasteiger partial charge in [0.05, 0.1) is 22.3 Å². The molecule has 0 saturated heterocycles. The number of carbonyl (C=O) groups is 1. The first-order chi connectivity index (χ1) is 18.7. The molecule has 39 heavy (non-hydrogen) atoms. The van der Waals surface area contributed by atoms with Crippen LogP contribution in [0.15, 0.2) is 76.9 Å². The van der Waals surface area contributed by atoms with Crippen LogP contribution in [0.2, 0.25) is 0 Å². The Morgan fingerprint density at radius 3 is 2.59 bits per heavy atom. The molecule has 10 heteroatoms. The van der Waals surface area contributed by atoms with Crippen LogP contribution in [0.5, 0.6) is 0 Å². The maximum atomic E-state index is 13.6. The molecule has 9 nitrogen and oxygen atoms in total. The Morgan fingerprint density at radius 1 is 1.13 bits per heavy atom. The predicted molar refractivity (Wildman–Crippen MR) is 142 cm³/mol. The zero-order valence-corrected chi connectivity index (χ0v) is 21.2. The highest BCUT2D eigenvalue weighted by Gasteiger charge is 2.42. The second-order valence-corrected chi connectivity index (χ2v) is 9.78. The summed E-state index contributed by atoms with van der Waals surface area (Å²) in [5, 5.41) is 24.5. The van der Waals surface area contributed by atoms with Crippen LogP contribution in [-0.4, -0.2) is 42.0 Å². The van der Waals surface area contributed by atoms with Crippen LogP contribution in [0.4, 0.5) is 4.39 Å². The number of pyridine rings is 1. The van der Waals surface area contributed by atoms with Gasteiger partial charge in [-0.1, -0.05) is 11.2 Å². The number of oxime groups is 1. The van der Waals surface area contributed by atoms with Crippen LogP contribution < -0.4 is 5.56 Å². The largest absolute Gasteiger partial charge is 0.481 e. The van der Waals surface area contributed by atoms with E-state index in [1.807, 2.05) is 0 Å². The highest BCUT2D eigenvalue weighted by atomic mass is 19.1. The van der Waals surface area contributed by atoms with Crippen LogP contribution in [0.1, 0.15) is 55.7 Å². The van der Waals surface area contributed by atoms with Crippen molar-refractivity contribution < 1.29 is 24.2 Å². The summed E-state index contributed by atoms with van der Waals surface area (Å²) in [4.78, 5) is 39.0. The maximum Gasteiger partial charge on any atom is 0.303 e. The lowest BCUT2D eigenvalue weighted by molar-refractivity contribution is -0.137. The molecule has 0 unspecified atom stereocenters. The van der Waals surface area contributed by atoms with Gasteiger partial charge in [-0.15, -0.1) is 0 Å². The summed E-state index contributed by atoms with van der Waals surface area (Å²) < 4.78 is 15.0. The molecule has 2 aromatic carbocycles. The number of unbranched alkanes of at least 4 members (excludes halogenated alkanes) is 1. The summed E-state index contributed by atoms with van der Waals surface area (Å²) >= 11 is 0. The van der Waals surface area contributed by atoms with Crippen molar-refractivity contribution in [3.05, 3.63) is 100 Å². The van der Waals surface area contributed by atoms with Gasteiger partial charge in [0.2, 0.25) is 0 Å². The van der Waals surface area contributed by atoms with Gasteiger partial charge in [-0.2, -0.15) is 0 Å². The number of carboxylic acids is 1. The van der Waals surface area contributed by atoms with E-state index in [1.165, 1.54) is 28.8 Å². The number of fused-ring (bicyclic) bond motifs is 1. The third kappa shape index (κ3) is 5.42. The SMILES string of the molecule is C[C@@]1([C@H](O)c2ccncc2)CC(c2ccc3c(=O)n(-c4ccc(F)cc4)c(CCCCC(=O)O)nc3c2)=NO1. The first-order valence-electron chi connectivity index (χ1n) is 12.6. The number of carboxylic acid groups (broad SMARTS) is 1. The molecule has 0 aliphatic carbocycles. The quantitative estimate of drug-likeness (QED) is 0.308. The molecule has 2 N–H and O–H groups in total. The molecular weight excluding hydrogens is 503 g/mol. The number of hydrogen-bond donors (Lipinski definition) is 2. The number of nitrogens with zero attached hydrogens (tertiary/aromatic N) is 4. The summed E-state index contributed by atoms with van der Waals surface area (Å²) in [6.45, 7) is 1.78. The van der Waals surface area contributed by atoms with Crippen molar-refractivity contribution in [3.8, 4) is 5.69 Å². The Bertz CT molecular complexity index is 1600. The Balaban J connectivity index is 1.48. The van der Waals surface area contributed by atoms with Gasteiger partial charge in [-0.3, -0.25) is 19.1 Å². The van der Waals surface area contributed by atoms with E-state index >= 15 is 0 Å². The van der Waals surface area contributed by atoms with Gasteiger partial charge in [0.15, 0.2) is 5.60 Å². The van der Waals surface area contributed by atoms with Crippen molar-refractivity contribution in [2.24, 2.45) is 5.16 Å². The molecule has 0 amide bonds. The normalized spacial score (nSPS) is 17.6. The van der Waals surface area contributed by atoms with E-state index < -0.39 is 23.5 Å². The Hall–Kier alpha value is -4.44. The number of benzene rings is 2. The Morgan fingerprint density at radius 2 is 1.87 bits per heavy atom. The van der Waals surface area contributed by atoms with Crippen LogP contribution in [0.25, 0.3) is 16.6 Å². The third-order valence-electron chi connectivity index (χ3n) is 6.88. The molecule has 1 aliphatic heterocycles. The number of aliphatic carboxylic acids is 1. The molecule has 2 aromatic heterocycles. The topological polar surface area (TPSA) is 127 Å². The van der Waals surface area contributed by atoms with Crippen LogP contribution >= 0.6 is 0 Å². The number of halogens is 1. The molecular formula is C29H27FN4O5. The maximum absolute atomic E-state index is 13.6. The summed E-state index contributed by atoms with van der Waals surface area (Å²) in [6.07, 6.45) is 3.92. The fourth-order valence-corrected chi connectivity index (χ4v) is 4.75. The smallest absolute Gasteiger partial charge is 0.303 e. The molecule has 5 rings (SSSR count). The van der Waals surface area contributed by atoms with Crippen molar-refractivity contribution in [2.75, 3.05) is 0 Å². The molecule has 2 atom stereocenters. The van der Waals surface area contributed by atoms with E-state index in [1.54, 1.807) is 49.6 Å². The standard InChI is InChI=1S/C29H27FN4O5/c1-29(27(37)18-12-14-31-15-13-18)17-24(33-39-29)19-6-11-22-23(16-19)32-25(4-2-3-5-26(35)36)34(28(22)38)21-9-7-20(30)8-10-21/h6-16,27,37H,2-5,17H2,1H3,(H,35,36)/t27-,29+/m1/s1. The molecule has 1 aliphatic rings. The predicted octanol–water partition coefficient (Wildman–Crippen LogP) is 4.33. The van der Waals surface area contributed by atoms with Crippen molar-refractivity contribution in [1.29, 1.82) is 0 Å². The number of aromatic nitrogens is 3. The van der Waals surface area contributed by atoms with Gasteiger partial charge in [0.25, 0.3) is 5.56 Å². The number of hydrogen-bond acceptors (Lipinski definition) is 7. The van der Waals surface area contributed by atoms with Crippen molar-refractivity contribution in [2.45, 2.75) is 50.7 Å². The second-order valence-electron chi connectivity index (χ2n) is 9.78. The van der Waals surface area contributed by atoms with Crippen molar-refractivity contribution in [1.82, 2.24) is 14.5 Å². The van der Waals surface area contributed by atoms with E-state index in [4.69, 9.17) is 14.9 Å². The van der Waals surface area contributed by atoms with Gasteiger partial charge in [0.1, 0.15) is 17.7 Å².